The van der Waals surface area contributed by atoms with Crippen LogP contribution in [0.5, 0.6) is 0 Å². The highest BCUT2D eigenvalue weighted by Crippen LogP contribution is 2.34. The van der Waals surface area contributed by atoms with Gasteiger partial charge in [0.15, 0.2) is 0 Å². The second-order valence-corrected chi connectivity index (χ2v) is 6.22. The summed E-state index contributed by atoms with van der Waals surface area (Å²) in [6.45, 7) is 9.72. The molecule has 3 heteroatoms. The van der Waals surface area contributed by atoms with E-state index < -0.39 is 11.0 Å². The third kappa shape index (κ3) is 2.33. The monoisotopic (exact) mass is 212 g/mol. The van der Waals surface area contributed by atoms with Gasteiger partial charge in [-0.2, -0.15) is 0 Å². The van der Waals surface area contributed by atoms with Gasteiger partial charge in [-0.05, 0) is 53.9 Å². The molecule has 1 saturated carbocycles. The van der Waals surface area contributed by atoms with Crippen molar-refractivity contribution in [2.75, 3.05) is 0 Å². The van der Waals surface area contributed by atoms with Gasteiger partial charge >= 0.3 is 0 Å². The Kier molecular flexibility index (Phi) is 2.90. The van der Waals surface area contributed by atoms with E-state index in [4.69, 9.17) is 5.73 Å². The SMILES string of the molecule is CC1(NC(=O)C(C)(C)C(C)(C)N)CCC1. The Morgan fingerprint density at radius 2 is 1.73 bits per heavy atom. The molecule has 1 aliphatic rings. The standard InChI is InChI=1S/C12H24N2O/c1-10(2,11(3,4)13)9(15)14-12(5)7-6-8-12/h6-8,13H2,1-5H3,(H,14,15). The first-order chi connectivity index (χ1) is 6.58. The minimum atomic E-state index is -0.536. The van der Waals surface area contributed by atoms with Crippen LogP contribution in [0.3, 0.4) is 0 Å². The molecule has 0 aliphatic heterocycles. The van der Waals surface area contributed by atoms with Crippen molar-refractivity contribution in [3.8, 4) is 0 Å². The summed E-state index contributed by atoms with van der Waals surface area (Å²) in [5.41, 5.74) is 5.01. The molecular weight excluding hydrogens is 188 g/mol. The maximum absolute atomic E-state index is 12.1. The number of rotatable bonds is 3. The van der Waals surface area contributed by atoms with Gasteiger partial charge in [-0.15, -0.1) is 0 Å². The molecule has 3 N–H and O–H groups in total. The largest absolute Gasteiger partial charge is 0.350 e. The van der Waals surface area contributed by atoms with Crippen LogP contribution >= 0.6 is 0 Å². The topological polar surface area (TPSA) is 55.1 Å². The molecule has 1 fully saturated rings. The van der Waals surface area contributed by atoms with E-state index in [1.807, 2.05) is 27.7 Å². The molecular formula is C12H24N2O. The van der Waals surface area contributed by atoms with Gasteiger partial charge in [0.05, 0.1) is 5.41 Å². The fourth-order valence-corrected chi connectivity index (χ4v) is 1.56. The van der Waals surface area contributed by atoms with E-state index in [-0.39, 0.29) is 11.4 Å². The van der Waals surface area contributed by atoms with E-state index in [1.54, 1.807) is 0 Å². The van der Waals surface area contributed by atoms with Crippen molar-refractivity contribution in [3.05, 3.63) is 0 Å². The van der Waals surface area contributed by atoms with Crippen molar-refractivity contribution in [1.29, 1.82) is 0 Å². The second kappa shape index (κ2) is 3.48. The number of nitrogens with one attached hydrogen (secondary N) is 1. The van der Waals surface area contributed by atoms with Crippen LogP contribution in [-0.2, 0) is 4.79 Å². The normalized spacial score (nSPS) is 20.7. The van der Waals surface area contributed by atoms with Crippen LogP contribution in [0.15, 0.2) is 0 Å². The fourth-order valence-electron chi connectivity index (χ4n) is 1.56. The molecule has 0 bridgehead atoms. The molecule has 15 heavy (non-hydrogen) atoms. The van der Waals surface area contributed by atoms with Gasteiger partial charge in [-0.1, -0.05) is 0 Å². The molecule has 1 amide bonds. The summed E-state index contributed by atoms with van der Waals surface area (Å²) >= 11 is 0. The predicted molar refractivity (Wildman–Crippen MR) is 62.4 cm³/mol. The van der Waals surface area contributed by atoms with Crippen molar-refractivity contribution >= 4 is 5.91 Å². The van der Waals surface area contributed by atoms with E-state index in [9.17, 15) is 4.79 Å². The number of hydrogen-bond acceptors (Lipinski definition) is 2. The molecule has 0 aromatic heterocycles. The van der Waals surface area contributed by atoms with Gasteiger partial charge in [0.2, 0.25) is 5.91 Å². The average molecular weight is 212 g/mol. The molecule has 1 aliphatic carbocycles. The number of carbonyl (C=O) groups is 1. The lowest BCUT2D eigenvalue weighted by molar-refractivity contribution is -0.135. The summed E-state index contributed by atoms with van der Waals surface area (Å²) < 4.78 is 0. The van der Waals surface area contributed by atoms with Crippen LogP contribution in [0, 0.1) is 5.41 Å². The van der Waals surface area contributed by atoms with Gasteiger partial charge in [0.25, 0.3) is 0 Å². The first kappa shape index (κ1) is 12.5. The molecule has 0 heterocycles. The zero-order valence-electron chi connectivity index (χ0n) is 10.6. The first-order valence-corrected chi connectivity index (χ1v) is 5.70. The van der Waals surface area contributed by atoms with Crippen molar-refractivity contribution < 1.29 is 4.79 Å². The molecule has 0 aromatic carbocycles. The Hall–Kier alpha value is -0.570. The van der Waals surface area contributed by atoms with Gasteiger partial charge in [0.1, 0.15) is 0 Å². The van der Waals surface area contributed by atoms with E-state index >= 15 is 0 Å². The van der Waals surface area contributed by atoms with E-state index in [0.717, 1.165) is 12.8 Å². The lowest BCUT2D eigenvalue weighted by atomic mass is 9.72. The maximum Gasteiger partial charge on any atom is 0.227 e. The number of amides is 1. The first-order valence-electron chi connectivity index (χ1n) is 5.70. The molecule has 0 radical (unpaired) electrons. The molecule has 0 unspecified atom stereocenters. The summed E-state index contributed by atoms with van der Waals surface area (Å²) in [6.07, 6.45) is 3.38. The quantitative estimate of drug-likeness (QED) is 0.749. The van der Waals surface area contributed by atoms with Crippen molar-refractivity contribution in [2.24, 2.45) is 11.1 Å². The predicted octanol–water partition coefficient (Wildman–Crippen LogP) is 1.81. The summed E-state index contributed by atoms with van der Waals surface area (Å²) in [5.74, 6) is 0.0669. The molecule has 0 aromatic rings. The van der Waals surface area contributed by atoms with E-state index in [2.05, 4.69) is 12.2 Å². The molecule has 0 saturated heterocycles. The molecule has 3 nitrogen and oxygen atoms in total. The third-order valence-corrected chi connectivity index (χ3v) is 4.05. The zero-order chi connectivity index (χ0) is 11.9. The maximum atomic E-state index is 12.1. The third-order valence-electron chi connectivity index (χ3n) is 4.05. The summed E-state index contributed by atoms with van der Waals surface area (Å²) in [4.78, 5) is 12.1. The van der Waals surface area contributed by atoms with Crippen LogP contribution in [0.2, 0.25) is 0 Å². The van der Waals surface area contributed by atoms with Crippen molar-refractivity contribution in [3.63, 3.8) is 0 Å². The Morgan fingerprint density at radius 3 is 2.00 bits per heavy atom. The van der Waals surface area contributed by atoms with Crippen LogP contribution in [0.1, 0.15) is 53.9 Å². The zero-order valence-corrected chi connectivity index (χ0v) is 10.6. The summed E-state index contributed by atoms with van der Waals surface area (Å²) in [5, 5.41) is 3.12. The summed E-state index contributed by atoms with van der Waals surface area (Å²) in [7, 11) is 0. The van der Waals surface area contributed by atoms with Gasteiger partial charge < -0.3 is 11.1 Å². The smallest absolute Gasteiger partial charge is 0.227 e. The van der Waals surface area contributed by atoms with Crippen LogP contribution in [-0.4, -0.2) is 17.0 Å². The Morgan fingerprint density at radius 1 is 1.27 bits per heavy atom. The molecule has 88 valence electrons. The van der Waals surface area contributed by atoms with Crippen molar-refractivity contribution in [1.82, 2.24) is 5.32 Å². The minimum Gasteiger partial charge on any atom is -0.350 e. The van der Waals surface area contributed by atoms with Crippen LogP contribution < -0.4 is 11.1 Å². The lowest BCUT2D eigenvalue weighted by Gasteiger charge is -2.44. The second-order valence-electron chi connectivity index (χ2n) is 6.22. The van der Waals surface area contributed by atoms with Gasteiger partial charge in [-0.3, -0.25) is 4.79 Å². The number of nitrogens with two attached hydrogens (primary N) is 1. The van der Waals surface area contributed by atoms with E-state index in [0.29, 0.717) is 0 Å². The minimum absolute atomic E-state index is 0.0135. The fraction of sp³-hybridized carbons (Fsp3) is 0.917. The van der Waals surface area contributed by atoms with Gasteiger partial charge in [0, 0.05) is 11.1 Å². The van der Waals surface area contributed by atoms with Crippen molar-refractivity contribution in [2.45, 2.75) is 65.0 Å². The average Bonchev–Trinajstić information content (AvgIpc) is 1.99. The summed E-state index contributed by atoms with van der Waals surface area (Å²) in [6, 6.07) is 0. The molecule has 1 rings (SSSR count). The highest BCUT2D eigenvalue weighted by molar-refractivity contribution is 5.84. The highest BCUT2D eigenvalue weighted by atomic mass is 16.2. The van der Waals surface area contributed by atoms with Gasteiger partial charge in [-0.25, -0.2) is 0 Å². The Bertz CT molecular complexity index is 259. The Labute approximate surface area is 92.8 Å². The number of hydrogen-bond donors (Lipinski definition) is 2. The lowest BCUT2D eigenvalue weighted by Crippen LogP contribution is -2.61. The highest BCUT2D eigenvalue weighted by Gasteiger charge is 2.44. The van der Waals surface area contributed by atoms with E-state index in [1.165, 1.54) is 6.42 Å². The van der Waals surface area contributed by atoms with Crippen LogP contribution in [0.4, 0.5) is 0 Å². The molecule has 0 spiro atoms. The molecule has 0 atom stereocenters. The Balaban J connectivity index is 2.68. The number of carbonyl (C=O) groups excluding carboxylic acids is 1. The van der Waals surface area contributed by atoms with Crippen LogP contribution in [0.25, 0.3) is 0 Å².